The molecule has 0 unspecified atom stereocenters. The Labute approximate surface area is 101 Å². The summed E-state index contributed by atoms with van der Waals surface area (Å²) in [5.41, 5.74) is 5.98. The Morgan fingerprint density at radius 2 is 2.12 bits per heavy atom. The molecule has 0 aliphatic rings. The van der Waals surface area contributed by atoms with Crippen LogP contribution >= 0.6 is 11.8 Å². The lowest BCUT2D eigenvalue weighted by Crippen LogP contribution is -2.19. The highest BCUT2D eigenvalue weighted by Gasteiger charge is 2.12. The van der Waals surface area contributed by atoms with E-state index in [-0.39, 0.29) is 0 Å². The first-order valence-electron chi connectivity index (χ1n) is 5.21. The fraction of sp³-hybridized carbons (Fsp3) is 0.500. The van der Waals surface area contributed by atoms with Crippen LogP contribution in [0.3, 0.4) is 0 Å². The molecule has 0 aromatic heterocycles. The van der Waals surface area contributed by atoms with E-state index in [2.05, 4.69) is 0 Å². The second-order valence-electron chi connectivity index (χ2n) is 4.31. The number of benzene rings is 1. The van der Waals surface area contributed by atoms with E-state index in [9.17, 15) is 5.11 Å². The monoisotopic (exact) mass is 241 g/mol. The molecule has 1 aromatic rings. The quantitative estimate of drug-likeness (QED) is 0.614. The zero-order valence-corrected chi connectivity index (χ0v) is 10.8. The van der Waals surface area contributed by atoms with Crippen molar-refractivity contribution in [3.05, 3.63) is 18.2 Å². The van der Waals surface area contributed by atoms with Gasteiger partial charge in [0.05, 0.1) is 12.7 Å². The number of rotatable bonds is 5. The highest BCUT2D eigenvalue weighted by atomic mass is 32.2. The number of nitrogen functional groups attached to an aromatic ring is 1. The van der Waals surface area contributed by atoms with Crippen molar-refractivity contribution in [2.45, 2.75) is 30.8 Å². The van der Waals surface area contributed by atoms with Crippen molar-refractivity contribution < 1.29 is 9.84 Å². The fourth-order valence-corrected chi connectivity index (χ4v) is 2.43. The topological polar surface area (TPSA) is 55.5 Å². The van der Waals surface area contributed by atoms with Gasteiger partial charge in [0.15, 0.2) is 0 Å². The molecule has 4 heteroatoms. The van der Waals surface area contributed by atoms with E-state index < -0.39 is 5.60 Å². The lowest BCUT2D eigenvalue weighted by atomic mass is 10.1. The third-order valence-electron chi connectivity index (χ3n) is 2.19. The van der Waals surface area contributed by atoms with E-state index in [1.807, 2.05) is 32.0 Å². The van der Waals surface area contributed by atoms with Gasteiger partial charge in [-0.1, -0.05) is 0 Å². The van der Waals surface area contributed by atoms with Crippen molar-refractivity contribution in [1.29, 1.82) is 0 Å². The zero-order valence-electron chi connectivity index (χ0n) is 9.99. The van der Waals surface area contributed by atoms with E-state index in [0.717, 1.165) is 28.5 Å². The molecule has 90 valence electrons. The number of thioether (sulfide) groups is 1. The molecule has 0 fully saturated rings. The summed E-state index contributed by atoms with van der Waals surface area (Å²) in [4.78, 5) is 1.00. The molecule has 0 aliphatic heterocycles. The van der Waals surface area contributed by atoms with E-state index >= 15 is 0 Å². The third kappa shape index (κ3) is 4.33. The van der Waals surface area contributed by atoms with Crippen LogP contribution in [0.15, 0.2) is 23.1 Å². The number of methoxy groups -OCH3 is 1. The van der Waals surface area contributed by atoms with Gasteiger partial charge in [-0.3, -0.25) is 0 Å². The molecular formula is C12H19NO2S. The molecule has 0 saturated heterocycles. The fourth-order valence-electron chi connectivity index (χ4n) is 1.18. The van der Waals surface area contributed by atoms with Crippen LogP contribution in [-0.2, 0) is 0 Å². The van der Waals surface area contributed by atoms with Gasteiger partial charge in [0.2, 0.25) is 0 Å². The molecule has 0 atom stereocenters. The molecule has 3 nitrogen and oxygen atoms in total. The summed E-state index contributed by atoms with van der Waals surface area (Å²) in [6, 6.07) is 5.60. The minimum atomic E-state index is -0.624. The number of aliphatic hydroxyl groups is 1. The van der Waals surface area contributed by atoms with Crippen molar-refractivity contribution in [2.75, 3.05) is 18.6 Å². The second kappa shape index (κ2) is 5.46. The summed E-state index contributed by atoms with van der Waals surface area (Å²) in [5.74, 6) is 1.64. The van der Waals surface area contributed by atoms with E-state index in [4.69, 9.17) is 10.5 Å². The van der Waals surface area contributed by atoms with Crippen molar-refractivity contribution in [2.24, 2.45) is 0 Å². The lowest BCUT2D eigenvalue weighted by Gasteiger charge is -2.16. The average Bonchev–Trinajstić information content (AvgIpc) is 2.19. The molecule has 0 aliphatic carbocycles. The normalized spacial score (nSPS) is 11.5. The molecule has 0 heterocycles. The Balaban J connectivity index is 2.59. The van der Waals surface area contributed by atoms with Gasteiger partial charge in [-0.25, -0.2) is 0 Å². The predicted octanol–water partition coefficient (Wildman–Crippen LogP) is 2.53. The summed E-state index contributed by atoms with van der Waals surface area (Å²) in [5, 5.41) is 9.60. The first-order valence-corrected chi connectivity index (χ1v) is 6.19. The molecule has 0 bridgehead atoms. The van der Waals surface area contributed by atoms with Gasteiger partial charge in [0.25, 0.3) is 0 Å². The molecule has 0 saturated carbocycles. The van der Waals surface area contributed by atoms with Gasteiger partial charge in [-0.2, -0.15) is 0 Å². The highest BCUT2D eigenvalue weighted by molar-refractivity contribution is 7.99. The summed E-state index contributed by atoms with van der Waals surface area (Å²) in [7, 11) is 1.64. The van der Waals surface area contributed by atoms with Gasteiger partial charge in [-0.15, -0.1) is 11.8 Å². The summed E-state index contributed by atoms with van der Waals surface area (Å²) >= 11 is 1.64. The van der Waals surface area contributed by atoms with E-state index in [1.165, 1.54) is 0 Å². The molecule has 0 amide bonds. The summed E-state index contributed by atoms with van der Waals surface area (Å²) in [6.45, 7) is 3.62. The van der Waals surface area contributed by atoms with E-state index in [0.29, 0.717) is 0 Å². The van der Waals surface area contributed by atoms with Crippen LogP contribution in [0, 0.1) is 0 Å². The minimum absolute atomic E-state index is 0.624. The lowest BCUT2D eigenvalue weighted by molar-refractivity contribution is 0.0778. The Hall–Kier alpha value is -0.870. The number of hydrogen-bond donors (Lipinski definition) is 2. The molecule has 0 spiro atoms. The third-order valence-corrected chi connectivity index (χ3v) is 3.26. The molecule has 16 heavy (non-hydrogen) atoms. The smallest absolute Gasteiger partial charge is 0.120 e. The number of anilines is 1. The van der Waals surface area contributed by atoms with Crippen LogP contribution in [0.25, 0.3) is 0 Å². The molecular weight excluding hydrogens is 222 g/mol. The standard InChI is InChI=1S/C12H19NO2S/c1-12(2,14)6-7-16-11-8-9(15-3)4-5-10(11)13/h4-5,8,14H,6-7,13H2,1-3H3. The Morgan fingerprint density at radius 1 is 1.44 bits per heavy atom. The van der Waals surface area contributed by atoms with Gasteiger partial charge >= 0.3 is 0 Å². The Kier molecular flexibility index (Phi) is 4.50. The maximum Gasteiger partial charge on any atom is 0.120 e. The van der Waals surface area contributed by atoms with Gasteiger partial charge in [0.1, 0.15) is 5.75 Å². The van der Waals surface area contributed by atoms with Crippen molar-refractivity contribution in [3.63, 3.8) is 0 Å². The van der Waals surface area contributed by atoms with Crippen LogP contribution in [-0.4, -0.2) is 23.6 Å². The number of hydrogen-bond acceptors (Lipinski definition) is 4. The zero-order chi connectivity index (χ0) is 12.2. The molecule has 1 rings (SSSR count). The molecule has 1 aromatic carbocycles. The van der Waals surface area contributed by atoms with Crippen molar-refractivity contribution >= 4 is 17.4 Å². The van der Waals surface area contributed by atoms with Crippen LogP contribution in [0.1, 0.15) is 20.3 Å². The van der Waals surface area contributed by atoms with E-state index in [1.54, 1.807) is 18.9 Å². The van der Waals surface area contributed by atoms with Crippen LogP contribution in [0.4, 0.5) is 5.69 Å². The molecule has 3 N–H and O–H groups in total. The highest BCUT2D eigenvalue weighted by Crippen LogP contribution is 2.30. The Morgan fingerprint density at radius 3 is 2.69 bits per heavy atom. The first kappa shape index (κ1) is 13.2. The average molecular weight is 241 g/mol. The first-order chi connectivity index (χ1) is 7.42. The van der Waals surface area contributed by atoms with Gasteiger partial charge in [0, 0.05) is 16.3 Å². The van der Waals surface area contributed by atoms with Crippen molar-refractivity contribution in [3.8, 4) is 5.75 Å². The second-order valence-corrected chi connectivity index (χ2v) is 5.45. The largest absolute Gasteiger partial charge is 0.497 e. The summed E-state index contributed by atoms with van der Waals surface area (Å²) < 4.78 is 5.14. The van der Waals surface area contributed by atoms with Crippen LogP contribution < -0.4 is 10.5 Å². The number of nitrogens with two attached hydrogens (primary N) is 1. The van der Waals surface area contributed by atoms with Crippen LogP contribution in [0.2, 0.25) is 0 Å². The maximum atomic E-state index is 9.60. The number of ether oxygens (including phenoxy) is 1. The SMILES string of the molecule is COc1ccc(N)c(SCCC(C)(C)O)c1. The van der Waals surface area contributed by atoms with Crippen LogP contribution in [0.5, 0.6) is 5.75 Å². The summed E-state index contributed by atoms with van der Waals surface area (Å²) in [6.07, 6.45) is 0.730. The Bertz CT molecular complexity index is 347. The minimum Gasteiger partial charge on any atom is -0.497 e. The van der Waals surface area contributed by atoms with Gasteiger partial charge < -0.3 is 15.6 Å². The molecule has 0 radical (unpaired) electrons. The predicted molar refractivity (Wildman–Crippen MR) is 69.0 cm³/mol. The van der Waals surface area contributed by atoms with Crippen molar-refractivity contribution in [1.82, 2.24) is 0 Å². The maximum absolute atomic E-state index is 9.60. The van der Waals surface area contributed by atoms with Gasteiger partial charge in [-0.05, 0) is 38.5 Å².